The molecule has 0 amide bonds. The molecule has 0 heterocycles. The van der Waals surface area contributed by atoms with Crippen LogP contribution in [0.4, 0.5) is 0 Å². The Kier molecular flexibility index (Phi) is 10.0. The van der Waals surface area contributed by atoms with Crippen LogP contribution in [0.15, 0.2) is 29.3 Å². The first-order chi connectivity index (χ1) is 10.8. The standard InChI is InChI=1S/C17H27N3O2.HI/c1-18-17(19-9-4-10-22-13-14-7-8-14)20-12-15-5-3-6-16(11-15)21-2;/h3,5-6,11,14H,4,7-10,12-13H2,1-2H3,(H2,18,19,20);1H. The lowest BCUT2D eigenvalue weighted by atomic mass is 10.2. The number of guanidine groups is 1. The van der Waals surface area contributed by atoms with Crippen molar-refractivity contribution >= 4 is 29.9 Å². The van der Waals surface area contributed by atoms with E-state index in [4.69, 9.17) is 9.47 Å². The average Bonchev–Trinajstić information content (AvgIpc) is 3.38. The van der Waals surface area contributed by atoms with Crippen molar-refractivity contribution in [2.75, 3.05) is 33.9 Å². The second-order valence-corrected chi connectivity index (χ2v) is 5.58. The van der Waals surface area contributed by atoms with Crippen LogP contribution < -0.4 is 15.4 Å². The van der Waals surface area contributed by atoms with Gasteiger partial charge < -0.3 is 20.1 Å². The SMILES string of the molecule is CN=C(NCCCOCC1CC1)NCc1cccc(OC)c1.I. The Morgan fingerprint density at radius 1 is 1.30 bits per heavy atom. The summed E-state index contributed by atoms with van der Waals surface area (Å²) in [4.78, 5) is 4.22. The van der Waals surface area contributed by atoms with Gasteiger partial charge in [0.05, 0.1) is 7.11 Å². The predicted molar refractivity (Wildman–Crippen MR) is 105 cm³/mol. The highest BCUT2D eigenvalue weighted by Crippen LogP contribution is 2.28. The lowest BCUT2D eigenvalue weighted by molar-refractivity contribution is 0.123. The van der Waals surface area contributed by atoms with Crippen LogP contribution in [0.3, 0.4) is 0 Å². The molecular weight excluding hydrogens is 405 g/mol. The summed E-state index contributed by atoms with van der Waals surface area (Å²) in [5, 5.41) is 6.60. The minimum Gasteiger partial charge on any atom is -0.497 e. The molecule has 5 nitrogen and oxygen atoms in total. The van der Waals surface area contributed by atoms with Crippen molar-refractivity contribution in [1.82, 2.24) is 10.6 Å². The third kappa shape index (κ3) is 8.41. The van der Waals surface area contributed by atoms with Crippen LogP contribution >= 0.6 is 24.0 Å². The molecular formula is C17H28IN3O2. The molecule has 1 fully saturated rings. The number of nitrogens with one attached hydrogen (secondary N) is 2. The summed E-state index contributed by atoms with van der Waals surface area (Å²) in [5.41, 5.74) is 1.16. The summed E-state index contributed by atoms with van der Waals surface area (Å²) in [5.74, 6) is 2.52. The van der Waals surface area contributed by atoms with Crippen LogP contribution in [-0.4, -0.2) is 39.9 Å². The number of hydrogen-bond donors (Lipinski definition) is 2. The number of ether oxygens (including phenoxy) is 2. The highest BCUT2D eigenvalue weighted by Gasteiger charge is 2.20. The highest BCUT2D eigenvalue weighted by atomic mass is 127. The molecule has 0 radical (unpaired) electrons. The molecule has 0 spiro atoms. The van der Waals surface area contributed by atoms with Crippen molar-refractivity contribution in [1.29, 1.82) is 0 Å². The van der Waals surface area contributed by atoms with E-state index in [9.17, 15) is 0 Å². The first-order valence-electron chi connectivity index (χ1n) is 7.97. The quantitative estimate of drug-likeness (QED) is 0.272. The first kappa shape index (κ1) is 20.0. The lowest BCUT2D eigenvalue weighted by Gasteiger charge is -2.12. The van der Waals surface area contributed by atoms with E-state index in [1.165, 1.54) is 12.8 Å². The number of nitrogens with zero attached hydrogens (tertiary/aromatic N) is 1. The van der Waals surface area contributed by atoms with Crippen LogP contribution in [0, 0.1) is 5.92 Å². The molecule has 23 heavy (non-hydrogen) atoms. The summed E-state index contributed by atoms with van der Waals surface area (Å²) in [6.45, 7) is 3.33. The maximum absolute atomic E-state index is 5.61. The van der Waals surface area contributed by atoms with Crippen LogP contribution in [0.1, 0.15) is 24.8 Å². The van der Waals surface area contributed by atoms with Gasteiger partial charge in [-0.3, -0.25) is 4.99 Å². The molecule has 1 aromatic carbocycles. The second-order valence-electron chi connectivity index (χ2n) is 5.58. The van der Waals surface area contributed by atoms with Gasteiger partial charge in [-0.25, -0.2) is 0 Å². The van der Waals surface area contributed by atoms with Crippen molar-refractivity contribution in [2.24, 2.45) is 10.9 Å². The molecule has 6 heteroatoms. The summed E-state index contributed by atoms with van der Waals surface area (Å²) in [7, 11) is 3.46. The molecule has 0 bridgehead atoms. The van der Waals surface area contributed by atoms with E-state index in [-0.39, 0.29) is 24.0 Å². The van der Waals surface area contributed by atoms with Crippen LogP contribution in [-0.2, 0) is 11.3 Å². The van der Waals surface area contributed by atoms with E-state index in [1.807, 2.05) is 18.2 Å². The zero-order valence-corrected chi connectivity index (χ0v) is 16.3. The molecule has 0 aliphatic heterocycles. The van der Waals surface area contributed by atoms with Gasteiger partial charge in [-0.15, -0.1) is 24.0 Å². The Hall–Kier alpha value is -1.02. The largest absolute Gasteiger partial charge is 0.497 e. The summed E-state index contributed by atoms with van der Waals surface area (Å²) < 4.78 is 10.8. The summed E-state index contributed by atoms with van der Waals surface area (Å²) in [6, 6.07) is 8.02. The maximum atomic E-state index is 5.61. The molecule has 130 valence electrons. The van der Waals surface area contributed by atoms with Gasteiger partial charge in [-0.05, 0) is 42.9 Å². The molecule has 1 saturated carbocycles. The first-order valence-corrected chi connectivity index (χ1v) is 7.97. The highest BCUT2D eigenvalue weighted by molar-refractivity contribution is 14.0. The molecule has 0 saturated heterocycles. The maximum Gasteiger partial charge on any atom is 0.191 e. The van der Waals surface area contributed by atoms with Gasteiger partial charge in [0.1, 0.15) is 5.75 Å². The molecule has 2 rings (SSSR count). The third-order valence-electron chi connectivity index (χ3n) is 3.63. The van der Waals surface area contributed by atoms with Gasteiger partial charge in [-0.2, -0.15) is 0 Å². The number of methoxy groups -OCH3 is 1. The Bertz CT molecular complexity index is 479. The Balaban J connectivity index is 0.00000264. The summed E-state index contributed by atoms with van der Waals surface area (Å²) in [6.07, 6.45) is 3.69. The molecule has 0 unspecified atom stereocenters. The number of benzene rings is 1. The van der Waals surface area contributed by atoms with Crippen LogP contribution in [0.5, 0.6) is 5.75 Å². The van der Waals surface area contributed by atoms with E-state index in [0.29, 0.717) is 0 Å². The van der Waals surface area contributed by atoms with Crippen molar-refractivity contribution in [3.63, 3.8) is 0 Å². The number of aliphatic imine (C=N–C) groups is 1. The summed E-state index contributed by atoms with van der Waals surface area (Å²) >= 11 is 0. The van der Waals surface area contributed by atoms with Crippen molar-refractivity contribution in [3.05, 3.63) is 29.8 Å². The molecule has 2 N–H and O–H groups in total. The van der Waals surface area contributed by atoms with Crippen LogP contribution in [0.25, 0.3) is 0 Å². The van der Waals surface area contributed by atoms with E-state index in [0.717, 1.165) is 55.9 Å². The number of rotatable bonds is 9. The fourth-order valence-corrected chi connectivity index (χ4v) is 2.10. The second kappa shape index (κ2) is 11.5. The van der Waals surface area contributed by atoms with E-state index in [2.05, 4.69) is 21.7 Å². The van der Waals surface area contributed by atoms with Crippen LogP contribution in [0.2, 0.25) is 0 Å². The van der Waals surface area contributed by atoms with Gasteiger partial charge in [0.2, 0.25) is 0 Å². The van der Waals surface area contributed by atoms with Gasteiger partial charge in [-0.1, -0.05) is 12.1 Å². The Morgan fingerprint density at radius 3 is 2.83 bits per heavy atom. The lowest BCUT2D eigenvalue weighted by Crippen LogP contribution is -2.37. The monoisotopic (exact) mass is 433 g/mol. The third-order valence-corrected chi connectivity index (χ3v) is 3.63. The zero-order chi connectivity index (χ0) is 15.6. The predicted octanol–water partition coefficient (Wildman–Crippen LogP) is 2.79. The molecule has 0 aromatic heterocycles. The fourth-order valence-electron chi connectivity index (χ4n) is 2.10. The van der Waals surface area contributed by atoms with Gasteiger partial charge in [0.25, 0.3) is 0 Å². The number of hydrogen-bond acceptors (Lipinski definition) is 3. The van der Waals surface area contributed by atoms with Gasteiger partial charge >= 0.3 is 0 Å². The van der Waals surface area contributed by atoms with Gasteiger partial charge in [0, 0.05) is 33.4 Å². The van der Waals surface area contributed by atoms with E-state index >= 15 is 0 Å². The Morgan fingerprint density at radius 2 is 2.13 bits per heavy atom. The zero-order valence-electron chi connectivity index (χ0n) is 14.0. The molecule has 1 aliphatic rings. The number of halogens is 1. The average molecular weight is 433 g/mol. The van der Waals surface area contributed by atoms with Crippen molar-refractivity contribution in [2.45, 2.75) is 25.8 Å². The fraction of sp³-hybridized carbons (Fsp3) is 0.588. The van der Waals surface area contributed by atoms with Gasteiger partial charge in [0.15, 0.2) is 5.96 Å². The van der Waals surface area contributed by atoms with Crippen molar-refractivity contribution in [3.8, 4) is 5.75 Å². The molecule has 1 aromatic rings. The normalized spacial score (nSPS) is 14.1. The van der Waals surface area contributed by atoms with Crippen molar-refractivity contribution < 1.29 is 9.47 Å². The Labute approximate surface area is 156 Å². The minimum atomic E-state index is 0. The van der Waals surface area contributed by atoms with E-state index in [1.54, 1.807) is 14.2 Å². The van der Waals surface area contributed by atoms with E-state index < -0.39 is 0 Å². The minimum absolute atomic E-state index is 0. The smallest absolute Gasteiger partial charge is 0.191 e. The molecule has 1 aliphatic carbocycles. The topological polar surface area (TPSA) is 54.9 Å². The molecule has 0 atom stereocenters.